The minimum absolute atomic E-state index is 0.0946. The van der Waals surface area contributed by atoms with Gasteiger partial charge in [-0.1, -0.05) is 32.0 Å². The average Bonchev–Trinajstić information content (AvgIpc) is 2.53. The van der Waals surface area contributed by atoms with Crippen LogP contribution in [0.15, 0.2) is 24.3 Å². The Balaban J connectivity index is 1.76. The Kier molecular flexibility index (Phi) is 4.90. The van der Waals surface area contributed by atoms with Crippen molar-refractivity contribution in [2.24, 2.45) is 5.92 Å². The number of carbonyl (C=O) groups excluding carboxylic acids is 1. The monoisotopic (exact) mass is 316 g/mol. The molecule has 0 bridgehead atoms. The number of hydrogen-bond acceptors (Lipinski definition) is 3. The highest BCUT2D eigenvalue weighted by atomic mass is 16.5. The van der Waals surface area contributed by atoms with Gasteiger partial charge in [0.15, 0.2) is 0 Å². The molecule has 0 saturated carbocycles. The largest absolute Gasteiger partial charge is 0.487 e. The van der Waals surface area contributed by atoms with Crippen molar-refractivity contribution in [2.45, 2.75) is 51.0 Å². The van der Waals surface area contributed by atoms with Crippen LogP contribution in [0.3, 0.4) is 0 Å². The summed E-state index contributed by atoms with van der Waals surface area (Å²) >= 11 is 0. The normalized spacial score (nSPS) is 22.5. The number of benzene rings is 1. The molecule has 2 aliphatic rings. The lowest BCUT2D eigenvalue weighted by Gasteiger charge is -2.44. The number of fused-ring (bicyclic) bond motifs is 1. The summed E-state index contributed by atoms with van der Waals surface area (Å²) in [5.74, 6) is 1.87. The average molecular weight is 316 g/mol. The van der Waals surface area contributed by atoms with E-state index in [1.807, 2.05) is 12.1 Å². The van der Waals surface area contributed by atoms with E-state index in [9.17, 15) is 4.79 Å². The summed E-state index contributed by atoms with van der Waals surface area (Å²) in [6.07, 6.45) is 3.54. The van der Waals surface area contributed by atoms with E-state index >= 15 is 0 Å². The van der Waals surface area contributed by atoms with E-state index in [-0.39, 0.29) is 17.4 Å². The standard InChI is InChI=1S/C19H28N2O2/c1-14(2)13-21-18(22)11-15-12-19(7-9-20-10-8-19)23-17-6-4-3-5-16(15)17/h3-6,14-15,20H,7-13H2,1-2H3,(H,21,22)/t15-/m0/s1. The van der Waals surface area contributed by atoms with Crippen molar-refractivity contribution in [2.75, 3.05) is 19.6 Å². The number of piperidine rings is 1. The first-order chi connectivity index (χ1) is 11.1. The van der Waals surface area contributed by atoms with Crippen molar-refractivity contribution >= 4 is 5.91 Å². The predicted molar refractivity (Wildman–Crippen MR) is 91.7 cm³/mol. The van der Waals surface area contributed by atoms with E-state index in [0.717, 1.165) is 44.6 Å². The van der Waals surface area contributed by atoms with Crippen LogP contribution in [-0.2, 0) is 4.79 Å². The molecule has 1 fully saturated rings. The van der Waals surface area contributed by atoms with Crippen LogP contribution in [0.25, 0.3) is 0 Å². The summed E-state index contributed by atoms with van der Waals surface area (Å²) in [7, 11) is 0. The quantitative estimate of drug-likeness (QED) is 0.898. The molecule has 0 radical (unpaired) electrons. The van der Waals surface area contributed by atoms with Crippen LogP contribution in [0, 0.1) is 5.92 Å². The number of rotatable bonds is 4. The molecule has 1 amide bonds. The van der Waals surface area contributed by atoms with Gasteiger partial charge in [-0.25, -0.2) is 0 Å². The maximum Gasteiger partial charge on any atom is 0.220 e. The fraction of sp³-hybridized carbons (Fsp3) is 0.632. The summed E-state index contributed by atoms with van der Waals surface area (Å²) in [6, 6.07) is 8.23. The smallest absolute Gasteiger partial charge is 0.220 e. The van der Waals surface area contributed by atoms with Crippen molar-refractivity contribution in [3.05, 3.63) is 29.8 Å². The van der Waals surface area contributed by atoms with Crippen LogP contribution >= 0.6 is 0 Å². The summed E-state index contributed by atoms with van der Waals surface area (Å²) in [5.41, 5.74) is 1.10. The lowest BCUT2D eigenvalue weighted by Crippen LogP contribution is -2.49. The number of amides is 1. The molecule has 1 spiro atoms. The molecule has 2 heterocycles. The summed E-state index contributed by atoms with van der Waals surface area (Å²) in [4.78, 5) is 12.3. The van der Waals surface area contributed by atoms with Crippen LogP contribution < -0.4 is 15.4 Å². The van der Waals surface area contributed by atoms with Gasteiger partial charge in [0.2, 0.25) is 5.91 Å². The van der Waals surface area contributed by atoms with Gasteiger partial charge in [-0.15, -0.1) is 0 Å². The molecule has 0 unspecified atom stereocenters. The van der Waals surface area contributed by atoms with Gasteiger partial charge < -0.3 is 15.4 Å². The molecule has 23 heavy (non-hydrogen) atoms. The molecule has 4 heteroatoms. The van der Waals surface area contributed by atoms with E-state index in [4.69, 9.17) is 4.74 Å². The Bertz CT molecular complexity index is 550. The van der Waals surface area contributed by atoms with E-state index < -0.39 is 0 Å². The Hall–Kier alpha value is -1.55. The van der Waals surface area contributed by atoms with Crippen molar-refractivity contribution in [1.82, 2.24) is 10.6 Å². The molecule has 3 rings (SSSR count). The number of nitrogens with one attached hydrogen (secondary N) is 2. The zero-order chi connectivity index (χ0) is 16.3. The minimum atomic E-state index is -0.0946. The molecule has 1 saturated heterocycles. The topological polar surface area (TPSA) is 50.4 Å². The van der Waals surface area contributed by atoms with Crippen LogP contribution in [-0.4, -0.2) is 31.1 Å². The number of carbonyl (C=O) groups is 1. The van der Waals surface area contributed by atoms with Gasteiger partial charge in [0.25, 0.3) is 0 Å². The van der Waals surface area contributed by atoms with Crippen LogP contribution in [0.4, 0.5) is 0 Å². The molecule has 1 aromatic rings. The first-order valence-electron chi connectivity index (χ1n) is 8.83. The zero-order valence-electron chi connectivity index (χ0n) is 14.2. The third-order valence-corrected chi connectivity index (χ3v) is 4.96. The first kappa shape index (κ1) is 16.3. The van der Waals surface area contributed by atoms with E-state index in [0.29, 0.717) is 12.3 Å². The number of ether oxygens (including phenoxy) is 1. The first-order valence-corrected chi connectivity index (χ1v) is 8.83. The van der Waals surface area contributed by atoms with Gasteiger partial charge >= 0.3 is 0 Å². The third-order valence-electron chi connectivity index (χ3n) is 4.96. The van der Waals surface area contributed by atoms with Gasteiger partial charge in [-0.2, -0.15) is 0 Å². The molecular formula is C19H28N2O2. The van der Waals surface area contributed by atoms with Crippen molar-refractivity contribution in [3.8, 4) is 5.75 Å². The number of hydrogen-bond donors (Lipinski definition) is 2. The molecular weight excluding hydrogens is 288 g/mol. The van der Waals surface area contributed by atoms with Crippen LogP contribution in [0.1, 0.15) is 51.0 Å². The van der Waals surface area contributed by atoms with Crippen molar-refractivity contribution in [1.29, 1.82) is 0 Å². The fourth-order valence-electron chi connectivity index (χ4n) is 3.73. The maximum atomic E-state index is 12.3. The van der Waals surface area contributed by atoms with Gasteiger partial charge in [0, 0.05) is 18.9 Å². The predicted octanol–water partition coefficient (Wildman–Crippen LogP) is 2.84. The van der Waals surface area contributed by atoms with E-state index in [2.05, 4.69) is 36.6 Å². The number of para-hydroxylation sites is 1. The SMILES string of the molecule is CC(C)CNC(=O)C[C@H]1CC2(CCNCC2)Oc2ccccc21. The lowest BCUT2D eigenvalue weighted by molar-refractivity contribution is -0.122. The zero-order valence-corrected chi connectivity index (χ0v) is 14.2. The molecule has 0 aliphatic carbocycles. The second-order valence-corrected chi connectivity index (χ2v) is 7.38. The Labute approximate surface area is 139 Å². The second-order valence-electron chi connectivity index (χ2n) is 7.38. The van der Waals surface area contributed by atoms with Crippen molar-refractivity contribution in [3.63, 3.8) is 0 Å². The summed E-state index contributed by atoms with van der Waals surface area (Å²) in [6.45, 7) is 6.98. The van der Waals surface area contributed by atoms with E-state index in [1.165, 1.54) is 5.56 Å². The Morgan fingerprint density at radius 1 is 1.35 bits per heavy atom. The highest BCUT2D eigenvalue weighted by Crippen LogP contribution is 2.45. The van der Waals surface area contributed by atoms with Gasteiger partial charge in [-0.3, -0.25) is 4.79 Å². The summed E-state index contributed by atoms with van der Waals surface area (Å²) in [5, 5.41) is 6.47. The highest BCUT2D eigenvalue weighted by Gasteiger charge is 2.42. The van der Waals surface area contributed by atoms with Crippen molar-refractivity contribution < 1.29 is 9.53 Å². The lowest BCUT2D eigenvalue weighted by atomic mass is 9.76. The van der Waals surface area contributed by atoms with Crippen LogP contribution in [0.2, 0.25) is 0 Å². The fourth-order valence-corrected chi connectivity index (χ4v) is 3.73. The molecule has 4 nitrogen and oxygen atoms in total. The van der Waals surface area contributed by atoms with E-state index in [1.54, 1.807) is 0 Å². The molecule has 126 valence electrons. The van der Waals surface area contributed by atoms with Gasteiger partial charge in [0.05, 0.1) is 0 Å². The summed E-state index contributed by atoms with van der Waals surface area (Å²) < 4.78 is 6.40. The minimum Gasteiger partial charge on any atom is -0.487 e. The molecule has 1 aromatic carbocycles. The molecule has 1 atom stereocenters. The van der Waals surface area contributed by atoms with Gasteiger partial charge in [-0.05, 0) is 49.9 Å². The molecule has 0 aromatic heterocycles. The third kappa shape index (κ3) is 3.86. The Morgan fingerprint density at radius 2 is 2.09 bits per heavy atom. The highest BCUT2D eigenvalue weighted by molar-refractivity contribution is 5.77. The molecule has 2 aliphatic heterocycles. The van der Waals surface area contributed by atoms with Gasteiger partial charge in [0.1, 0.15) is 11.4 Å². The molecule has 2 N–H and O–H groups in total. The Morgan fingerprint density at radius 3 is 2.83 bits per heavy atom. The maximum absolute atomic E-state index is 12.3. The second kappa shape index (κ2) is 6.91. The van der Waals surface area contributed by atoms with Crippen LogP contribution in [0.5, 0.6) is 5.75 Å².